The molecule has 1 aliphatic carbocycles. The molecule has 122 valence electrons. The average molecular weight is 306 g/mol. The van der Waals surface area contributed by atoms with Gasteiger partial charge in [-0.3, -0.25) is 4.90 Å². The van der Waals surface area contributed by atoms with Crippen LogP contribution < -0.4 is 14.8 Å². The van der Waals surface area contributed by atoms with E-state index in [1.54, 1.807) is 14.2 Å². The Morgan fingerprint density at radius 3 is 2.77 bits per heavy atom. The number of methoxy groups -OCH3 is 2. The Kier molecular flexibility index (Phi) is 5.18. The lowest BCUT2D eigenvalue weighted by molar-refractivity contribution is -0.0301. The van der Waals surface area contributed by atoms with Crippen LogP contribution in [-0.2, 0) is 11.3 Å². The molecule has 0 amide bonds. The van der Waals surface area contributed by atoms with Gasteiger partial charge in [0.1, 0.15) is 0 Å². The molecule has 0 bridgehead atoms. The summed E-state index contributed by atoms with van der Waals surface area (Å²) in [6, 6.07) is 6.86. The first kappa shape index (κ1) is 15.6. The van der Waals surface area contributed by atoms with Crippen LogP contribution in [0.3, 0.4) is 0 Å². The fourth-order valence-electron chi connectivity index (χ4n) is 3.01. The van der Waals surface area contributed by atoms with Crippen molar-refractivity contribution in [3.8, 4) is 11.5 Å². The SMILES string of the molecule is COc1ccc(CNC[C@H]2CN(C3CC3)CCO2)cc1OC. The highest BCUT2D eigenvalue weighted by Crippen LogP contribution is 2.28. The number of rotatable bonds is 7. The lowest BCUT2D eigenvalue weighted by Crippen LogP contribution is -2.47. The van der Waals surface area contributed by atoms with Crippen LogP contribution in [0, 0.1) is 0 Å². The summed E-state index contributed by atoms with van der Waals surface area (Å²) >= 11 is 0. The van der Waals surface area contributed by atoms with Crippen LogP contribution in [-0.4, -0.2) is 57.5 Å². The van der Waals surface area contributed by atoms with Gasteiger partial charge in [0.2, 0.25) is 0 Å². The second-order valence-corrected chi connectivity index (χ2v) is 6.04. The van der Waals surface area contributed by atoms with Gasteiger partial charge in [-0.1, -0.05) is 6.07 Å². The third kappa shape index (κ3) is 3.91. The normalized spacial score (nSPS) is 22.5. The van der Waals surface area contributed by atoms with Crippen LogP contribution in [0.15, 0.2) is 18.2 Å². The van der Waals surface area contributed by atoms with Gasteiger partial charge in [-0.25, -0.2) is 0 Å². The van der Waals surface area contributed by atoms with Crippen molar-refractivity contribution < 1.29 is 14.2 Å². The number of morpholine rings is 1. The van der Waals surface area contributed by atoms with Gasteiger partial charge in [0.05, 0.1) is 26.9 Å². The lowest BCUT2D eigenvalue weighted by Gasteiger charge is -2.33. The van der Waals surface area contributed by atoms with E-state index in [1.807, 2.05) is 12.1 Å². The molecular weight excluding hydrogens is 280 g/mol. The second-order valence-electron chi connectivity index (χ2n) is 6.04. The molecule has 1 heterocycles. The van der Waals surface area contributed by atoms with Gasteiger partial charge < -0.3 is 19.5 Å². The van der Waals surface area contributed by atoms with Crippen molar-refractivity contribution in [2.75, 3.05) is 40.5 Å². The zero-order valence-electron chi connectivity index (χ0n) is 13.5. The monoisotopic (exact) mass is 306 g/mol. The lowest BCUT2D eigenvalue weighted by atomic mass is 10.2. The Morgan fingerprint density at radius 2 is 2.05 bits per heavy atom. The molecule has 2 aliphatic rings. The van der Waals surface area contributed by atoms with Gasteiger partial charge in [-0.05, 0) is 30.5 Å². The first-order valence-corrected chi connectivity index (χ1v) is 8.07. The molecule has 5 nitrogen and oxygen atoms in total. The molecular formula is C17H26N2O3. The summed E-state index contributed by atoms with van der Waals surface area (Å²) in [6.45, 7) is 4.71. The molecule has 1 saturated carbocycles. The highest BCUT2D eigenvalue weighted by atomic mass is 16.5. The zero-order chi connectivity index (χ0) is 15.4. The molecule has 5 heteroatoms. The molecule has 0 radical (unpaired) electrons. The Hall–Kier alpha value is -1.30. The summed E-state index contributed by atoms with van der Waals surface area (Å²) in [5.74, 6) is 1.54. The molecule has 0 spiro atoms. The van der Waals surface area contributed by atoms with Crippen molar-refractivity contribution in [2.24, 2.45) is 0 Å². The number of hydrogen-bond acceptors (Lipinski definition) is 5. The maximum Gasteiger partial charge on any atom is 0.161 e. The van der Waals surface area contributed by atoms with E-state index in [0.29, 0.717) is 6.10 Å². The standard InChI is InChI=1S/C17H26N2O3/c1-20-16-6-3-13(9-17(16)21-2)10-18-11-15-12-19(7-8-22-15)14-4-5-14/h3,6,9,14-15,18H,4-5,7-8,10-12H2,1-2H3/t15-/m0/s1. The van der Waals surface area contributed by atoms with E-state index in [9.17, 15) is 0 Å². The fourth-order valence-corrected chi connectivity index (χ4v) is 3.01. The van der Waals surface area contributed by atoms with Crippen molar-refractivity contribution in [2.45, 2.75) is 31.5 Å². The average Bonchev–Trinajstić information content (AvgIpc) is 3.40. The smallest absolute Gasteiger partial charge is 0.161 e. The number of ether oxygens (including phenoxy) is 3. The predicted octanol–water partition coefficient (Wildman–Crippen LogP) is 1.66. The van der Waals surface area contributed by atoms with E-state index in [2.05, 4.69) is 16.3 Å². The Balaban J connectivity index is 1.46. The minimum absolute atomic E-state index is 0.300. The quantitative estimate of drug-likeness (QED) is 0.830. The number of nitrogens with zero attached hydrogens (tertiary/aromatic N) is 1. The summed E-state index contributed by atoms with van der Waals surface area (Å²) in [5.41, 5.74) is 1.19. The summed E-state index contributed by atoms with van der Waals surface area (Å²) in [7, 11) is 3.32. The van der Waals surface area contributed by atoms with E-state index in [4.69, 9.17) is 14.2 Å². The van der Waals surface area contributed by atoms with Crippen LogP contribution in [0.25, 0.3) is 0 Å². The molecule has 1 N–H and O–H groups in total. The van der Waals surface area contributed by atoms with Gasteiger partial charge in [-0.2, -0.15) is 0 Å². The van der Waals surface area contributed by atoms with Gasteiger partial charge in [0, 0.05) is 32.2 Å². The summed E-state index contributed by atoms with van der Waals surface area (Å²) in [6.07, 6.45) is 3.03. The van der Waals surface area contributed by atoms with Crippen molar-refractivity contribution >= 4 is 0 Å². The molecule has 22 heavy (non-hydrogen) atoms. The molecule has 2 fully saturated rings. The molecule has 1 saturated heterocycles. The third-order valence-corrected chi connectivity index (χ3v) is 4.38. The summed E-state index contributed by atoms with van der Waals surface area (Å²) in [5, 5.41) is 3.49. The van der Waals surface area contributed by atoms with Crippen molar-refractivity contribution in [1.29, 1.82) is 0 Å². The maximum atomic E-state index is 5.86. The van der Waals surface area contributed by atoms with E-state index in [-0.39, 0.29) is 0 Å². The largest absolute Gasteiger partial charge is 0.493 e. The highest BCUT2D eigenvalue weighted by Gasteiger charge is 2.32. The van der Waals surface area contributed by atoms with E-state index < -0.39 is 0 Å². The van der Waals surface area contributed by atoms with Gasteiger partial charge >= 0.3 is 0 Å². The van der Waals surface area contributed by atoms with Crippen LogP contribution in [0.1, 0.15) is 18.4 Å². The van der Waals surface area contributed by atoms with Crippen molar-refractivity contribution in [1.82, 2.24) is 10.2 Å². The zero-order valence-corrected chi connectivity index (χ0v) is 13.5. The molecule has 1 aromatic carbocycles. The number of hydrogen-bond donors (Lipinski definition) is 1. The fraction of sp³-hybridized carbons (Fsp3) is 0.647. The van der Waals surface area contributed by atoms with Crippen LogP contribution in [0.2, 0.25) is 0 Å². The Bertz CT molecular complexity index is 491. The van der Waals surface area contributed by atoms with E-state index in [1.165, 1.54) is 18.4 Å². The van der Waals surface area contributed by atoms with E-state index in [0.717, 1.165) is 50.3 Å². The van der Waals surface area contributed by atoms with Crippen molar-refractivity contribution in [3.05, 3.63) is 23.8 Å². The molecule has 0 unspecified atom stereocenters. The second kappa shape index (κ2) is 7.31. The van der Waals surface area contributed by atoms with Gasteiger partial charge in [0.25, 0.3) is 0 Å². The predicted molar refractivity (Wildman–Crippen MR) is 85.6 cm³/mol. The van der Waals surface area contributed by atoms with Gasteiger partial charge in [0.15, 0.2) is 11.5 Å². The highest BCUT2D eigenvalue weighted by molar-refractivity contribution is 5.42. The van der Waals surface area contributed by atoms with Crippen LogP contribution in [0.4, 0.5) is 0 Å². The molecule has 1 aliphatic heterocycles. The topological polar surface area (TPSA) is 43.0 Å². The van der Waals surface area contributed by atoms with Crippen LogP contribution in [0.5, 0.6) is 11.5 Å². The first-order valence-electron chi connectivity index (χ1n) is 8.07. The van der Waals surface area contributed by atoms with E-state index >= 15 is 0 Å². The number of nitrogens with one attached hydrogen (secondary N) is 1. The minimum atomic E-state index is 0.300. The van der Waals surface area contributed by atoms with Crippen molar-refractivity contribution in [3.63, 3.8) is 0 Å². The minimum Gasteiger partial charge on any atom is -0.493 e. The number of benzene rings is 1. The van der Waals surface area contributed by atoms with Crippen LogP contribution >= 0.6 is 0 Å². The third-order valence-electron chi connectivity index (χ3n) is 4.38. The Labute approximate surface area is 132 Å². The molecule has 3 rings (SSSR count). The maximum absolute atomic E-state index is 5.86. The molecule has 1 atom stereocenters. The Morgan fingerprint density at radius 1 is 1.23 bits per heavy atom. The summed E-state index contributed by atoms with van der Waals surface area (Å²) in [4.78, 5) is 2.58. The summed E-state index contributed by atoms with van der Waals surface area (Å²) < 4.78 is 16.5. The molecule has 0 aromatic heterocycles. The first-order chi connectivity index (χ1) is 10.8. The van der Waals surface area contributed by atoms with Gasteiger partial charge in [-0.15, -0.1) is 0 Å². The molecule has 1 aromatic rings.